The molecule has 0 saturated heterocycles. The predicted molar refractivity (Wildman–Crippen MR) is 464 cm³/mol. The molecule has 3 aliphatic heterocycles. The average Bonchev–Trinajstić information content (AvgIpc) is 0.764. The van der Waals surface area contributed by atoms with Crippen molar-refractivity contribution in [1.29, 1.82) is 0 Å². The molecule has 5 N–H and O–H groups in total. The molecule has 0 aliphatic carbocycles. The van der Waals surface area contributed by atoms with Gasteiger partial charge >= 0.3 is 24.2 Å². The number of anilines is 3. The summed E-state index contributed by atoms with van der Waals surface area (Å²) >= 11 is 0. The number of hydrogen-bond donors (Lipinski definition) is 5. The van der Waals surface area contributed by atoms with Crippen LogP contribution in [0.25, 0.3) is 0 Å². The number of hydrogen-bond acceptors (Lipinski definition) is 13. The lowest BCUT2D eigenvalue weighted by molar-refractivity contribution is -0.131. The van der Waals surface area contributed by atoms with E-state index in [1.54, 1.807) is 21.3 Å². The summed E-state index contributed by atoms with van der Waals surface area (Å²) in [5.74, 6) is 8.54. The van der Waals surface area contributed by atoms with Gasteiger partial charge in [-0.15, -0.1) is 17.5 Å². The normalized spacial score (nSPS) is 16.3. The number of unbranched alkanes of at least 4 members (excludes halogenated alkanes) is 9. The molecule has 614 valence electrons. The zero-order chi connectivity index (χ0) is 83.2. The summed E-state index contributed by atoms with van der Waals surface area (Å²) in [7, 11) is 1.86. The first-order valence-electron chi connectivity index (χ1n) is 41.0. The van der Waals surface area contributed by atoms with Crippen LogP contribution in [0.1, 0.15) is 225 Å². The third kappa shape index (κ3) is 30.4. The SMILES string of the molecule is C#CC(=O)N1[C@@H](CCCC)Cc2cc(OC)ccc2[C@@H]1c1ccc(NC(=O)OCCCCC)cc1.CCCCCOC(=O)Nc1ccc([C@@H]2N[C@@H](CCCC)Cc3cc(OC)ccc32)cc1.CCCCCOC(=O)Nc1ccc([C@H]2c3ccc(OC)cc3C[C@H](CCCC)N2C(=O)C#C[Si](C)(C)C)cc1.C[Si](C)(C)C#CC(=O)O. The zero-order valence-corrected chi connectivity index (χ0v) is 72.4. The van der Waals surface area contributed by atoms with Crippen molar-refractivity contribution in [3.05, 3.63) is 177 Å². The molecule has 3 heterocycles. The topological polar surface area (TPSA) is 233 Å². The first-order valence-corrected chi connectivity index (χ1v) is 48.0. The van der Waals surface area contributed by atoms with Gasteiger partial charge in [0.1, 0.15) is 33.4 Å². The van der Waals surface area contributed by atoms with Crippen LogP contribution in [0, 0.1) is 35.3 Å². The van der Waals surface area contributed by atoms with E-state index in [1.807, 2.05) is 114 Å². The standard InChI is InChI=1S/C32H44N2O4Si.C29H36N2O4.C26H36N2O3.C6H10O2Si/c1-7-9-11-20-38-32(36)33-26-15-13-24(14-16-26)31-29-18-17-28(37-3)23-25(29)22-27(12-10-8-2)34(31)30(35)19-21-39(4,5)6;1-5-8-10-18-35-29(33)30-23-14-12-21(13-15-23)28-26-17-16-25(34-4)20-22(26)19-24(11-9-6-2)31(28)27(32)7-3;1-4-6-8-16-31-26(29)28-21-12-10-19(11-13-21)25-24-15-14-23(30-3)18-20(24)17-22(27-25)9-7-5-2;1-9(2,3)5-4-6(7)8/h13-18,23,27,31H,7-12,20,22H2,1-6H3,(H,33,36);3,12-17,20,24,28H,5-6,8-11,18-19H2,1-2,4H3,(H,30,33);10-15,18,22,25,27H,4-9,16-17H2,1-3H3,(H,28,29);1-3H3,(H,7,8)/t27-,31-;24-,28-;22-,25-;/m000./s1. The van der Waals surface area contributed by atoms with E-state index in [2.05, 4.69) is 154 Å². The summed E-state index contributed by atoms with van der Waals surface area (Å²) in [6.07, 6.45) is 25.3. The van der Waals surface area contributed by atoms with Gasteiger partial charge < -0.3 is 48.6 Å². The van der Waals surface area contributed by atoms with Crippen LogP contribution in [0.5, 0.6) is 17.2 Å². The largest absolute Gasteiger partial charge is 0.497 e. The first-order chi connectivity index (χ1) is 54.7. The lowest BCUT2D eigenvalue weighted by Crippen LogP contribution is -2.47. The summed E-state index contributed by atoms with van der Waals surface area (Å²) < 4.78 is 32.2. The average molecular weight is 1590 g/mol. The Labute approximate surface area is 681 Å². The Morgan fingerprint density at radius 1 is 0.439 bits per heavy atom. The fourth-order valence-electron chi connectivity index (χ4n) is 14.0. The van der Waals surface area contributed by atoms with E-state index in [-0.39, 0.29) is 42.0 Å². The van der Waals surface area contributed by atoms with Gasteiger partial charge in [-0.05, 0) is 192 Å². The number of rotatable bonds is 30. The Morgan fingerprint density at radius 2 is 0.781 bits per heavy atom. The summed E-state index contributed by atoms with van der Waals surface area (Å²) in [6.45, 7) is 26.6. The number of carbonyl (C=O) groups is 6. The molecule has 3 aliphatic rings. The first kappa shape index (κ1) is 92.9. The summed E-state index contributed by atoms with van der Waals surface area (Å²) in [5, 5.41) is 20.4. The van der Waals surface area contributed by atoms with Gasteiger partial charge in [0.25, 0.3) is 11.8 Å². The molecule has 5 amide bonds. The van der Waals surface area contributed by atoms with Crippen LogP contribution in [0.15, 0.2) is 127 Å². The van der Waals surface area contributed by atoms with Crippen LogP contribution >= 0.6 is 0 Å². The van der Waals surface area contributed by atoms with Crippen LogP contribution in [-0.4, -0.2) is 126 Å². The minimum absolute atomic E-state index is 0.000920. The molecule has 0 saturated carbocycles. The number of nitrogens with one attached hydrogen (secondary N) is 4. The van der Waals surface area contributed by atoms with Gasteiger partial charge in [-0.1, -0.05) is 212 Å². The van der Waals surface area contributed by atoms with E-state index in [4.69, 9.17) is 40.0 Å². The Morgan fingerprint density at radius 3 is 1.12 bits per heavy atom. The van der Waals surface area contributed by atoms with E-state index in [0.29, 0.717) is 37.2 Å². The molecule has 6 atom stereocenters. The monoisotopic (exact) mass is 1590 g/mol. The van der Waals surface area contributed by atoms with Crippen molar-refractivity contribution in [3.63, 3.8) is 0 Å². The van der Waals surface area contributed by atoms with E-state index in [0.717, 1.165) is 173 Å². The zero-order valence-electron chi connectivity index (χ0n) is 70.4. The van der Waals surface area contributed by atoms with Gasteiger partial charge in [0.2, 0.25) is 0 Å². The molecule has 0 spiro atoms. The number of carbonyl (C=O) groups excluding carboxylic acids is 5. The summed E-state index contributed by atoms with van der Waals surface area (Å²) in [6, 6.07) is 41.8. The Balaban J connectivity index is 0.000000253. The van der Waals surface area contributed by atoms with Gasteiger partial charge in [-0.25, -0.2) is 19.2 Å². The Hall–Kier alpha value is -9.99. The molecule has 6 aromatic rings. The highest BCUT2D eigenvalue weighted by atomic mass is 28.3. The predicted octanol–water partition coefficient (Wildman–Crippen LogP) is 20.6. The molecule has 9 rings (SSSR count). The molecule has 19 nitrogen and oxygen atoms in total. The molecule has 6 aromatic carbocycles. The van der Waals surface area contributed by atoms with Gasteiger partial charge in [0.15, 0.2) is 0 Å². The van der Waals surface area contributed by atoms with Crippen LogP contribution in [0.2, 0.25) is 39.3 Å². The fourth-order valence-corrected chi connectivity index (χ4v) is 14.9. The van der Waals surface area contributed by atoms with Gasteiger partial charge in [-0.3, -0.25) is 25.5 Å². The number of methoxy groups -OCH3 is 3. The maximum absolute atomic E-state index is 13.8. The van der Waals surface area contributed by atoms with Crippen molar-refractivity contribution in [2.45, 2.75) is 252 Å². The number of carboxylic acid groups (broad SMARTS) is 1. The van der Waals surface area contributed by atoms with Crippen LogP contribution in [-0.2, 0) is 47.9 Å². The lowest BCUT2D eigenvalue weighted by atomic mass is 9.83. The Bertz CT molecular complexity index is 4220. The molecule has 0 fully saturated rings. The number of fused-ring (bicyclic) bond motifs is 3. The van der Waals surface area contributed by atoms with Gasteiger partial charge in [0.05, 0.1) is 59.3 Å². The number of amides is 5. The van der Waals surface area contributed by atoms with E-state index >= 15 is 0 Å². The third-order valence-corrected chi connectivity index (χ3v) is 21.6. The van der Waals surface area contributed by atoms with E-state index < -0.39 is 40.4 Å². The number of terminal acetylenes is 1. The highest BCUT2D eigenvalue weighted by Gasteiger charge is 2.40. The highest BCUT2D eigenvalue weighted by molar-refractivity contribution is 6.84. The second-order valence-electron chi connectivity index (χ2n) is 31.3. The molecule has 114 heavy (non-hydrogen) atoms. The maximum atomic E-state index is 13.8. The third-order valence-electron chi connectivity index (χ3n) is 19.8. The molecular formula is C93H126N6O13Si2. The Kier molecular flexibility index (Phi) is 39.3. The van der Waals surface area contributed by atoms with Crippen LogP contribution in [0.3, 0.4) is 0 Å². The van der Waals surface area contributed by atoms with Crippen LogP contribution in [0.4, 0.5) is 31.4 Å². The van der Waals surface area contributed by atoms with Crippen LogP contribution < -0.4 is 35.5 Å². The summed E-state index contributed by atoms with van der Waals surface area (Å²) in [5.41, 5.74) is 18.3. The van der Waals surface area contributed by atoms with Crippen molar-refractivity contribution in [3.8, 4) is 52.5 Å². The van der Waals surface area contributed by atoms with E-state index in [9.17, 15) is 28.8 Å². The van der Waals surface area contributed by atoms with Crippen molar-refractivity contribution < 1.29 is 62.3 Å². The number of carboxylic acids is 1. The van der Waals surface area contributed by atoms with Gasteiger partial charge in [-0.2, -0.15) is 0 Å². The van der Waals surface area contributed by atoms with Crippen molar-refractivity contribution >= 4 is 69.3 Å². The smallest absolute Gasteiger partial charge is 0.411 e. The second kappa shape index (κ2) is 48.3. The van der Waals surface area contributed by atoms with Crippen molar-refractivity contribution in [2.24, 2.45) is 0 Å². The molecule has 0 aromatic heterocycles. The molecule has 21 heteroatoms. The highest BCUT2D eigenvalue weighted by Crippen LogP contribution is 2.44. The number of nitrogens with zero attached hydrogens (tertiary/aromatic N) is 2. The van der Waals surface area contributed by atoms with Crippen molar-refractivity contribution in [1.82, 2.24) is 15.1 Å². The van der Waals surface area contributed by atoms with Crippen molar-refractivity contribution in [2.75, 3.05) is 57.1 Å². The lowest BCUT2D eigenvalue weighted by Gasteiger charge is -2.43. The number of aliphatic carboxylic acids is 1. The minimum Gasteiger partial charge on any atom is -0.497 e. The van der Waals surface area contributed by atoms with Gasteiger partial charge in [0, 0.05) is 41.1 Å². The fraction of sp³-hybridized carbons (Fsp3) is 0.484. The maximum Gasteiger partial charge on any atom is 0.411 e. The molecule has 0 bridgehead atoms. The quantitative estimate of drug-likeness (QED) is 0.0122. The molecule has 0 radical (unpaired) electrons. The summed E-state index contributed by atoms with van der Waals surface area (Å²) in [4.78, 5) is 76.8. The molecular weight excluding hydrogens is 1470 g/mol. The van der Waals surface area contributed by atoms with E-state index in [1.165, 1.54) is 35.1 Å². The second-order valence-corrected chi connectivity index (χ2v) is 40.8. The molecule has 0 unspecified atom stereocenters. The number of benzene rings is 6. The minimum atomic E-state index is -1.73. The number of ether oxygens (including phenoxy) is 6.